The van der Waals surface area contributed by atoms with Crippen molar-refractivity contribution in [3.63, 3.8) is 0 Å². The number of carbonyl (C=O) groups excluding carboxylic acids is 3. The molecule has 2 saturated heterocycles. The monoisotopic (exact) mass is 378 g/mol. The van der Waals surface area contributed by atoms with Gasteiger partial charge in [0, 0.05) is 31.4 Å². The van der Waals surface area contributed by atoms with E-state index < -0.39 is 29.2 Å². The first-order chi connectivity index (χ1) is 12.6. The normalized spacial score (nSPS) is 30.9. The van der Waals surface area contributed by atoms with Crippen molar-refractivity contribution in [3.8, 4) is 0 Å². The van der Waals surface area contributed by atoms with Crippen LogP contribution in [0.3, 0.4) is 0 Å². The van der Waals surface area contributed by atoms with Crippen LogP contribution in [0.5, 0.6) is 0 Å². The molecular weight excluding hydrogens is 348 g/mol. The number of nitrogens with one attached hydrogen (secondary N) is 1. The van der Waals surface area contributed by atoms with E-state index in [9.17, 15) is 14.4 Å². The summed E-state index contributed by atoms with van der Waals surface area (Å²) in [5.41, 5.74) is 4.85. The largest absolute Gasteiger partial charge is 0.443 e. The maximum absolute atomic E-state index is 13.5. The topological polar surface area (TPSA) is 105 Å². The van der Waals surface area contributed by atoms with Crippen LogP contribution in [-0.2, 0) is 14.3 Å². The van der Waals surface area contributed by atoms with E-state index in [0.29, 0.717) is 5.57 Å². The quantitative estimate of drug-likeness (QED) is 0.702. The van der Waals surface area contributed by atoms with Crippen molar-refractivity contribution < 1.29 is 19.1 Å². The fraction of sp³-hybridized carbons (Fsp3) is 0.737. The molecular formula is C19H30N4O4. The first-order valence-corrected chi connectivity index (χ1v) is 9.64. The number of rotatable bonds is 2. The zero-order valence-electron chi connectivity index (χ0n) is 16.6. The Morgan fingerprint density at radius 2 is 1.89 bits per heavy atom. The smallest absolute Gasteiger partial charge is 0.417 e. The maximum atomic E-state index is 13.5. The van der Waals surface area contributed by atoms with E-state index in [1.165, 1.54) is 0 Å². The lowest BCUT2D eigenvalue weighted by atomic mass is 9.80. The van der Waals surface area contributed by atoms with Gasteiger partial charge in [-0.1, -0.05) is 12.8 Å². The Hall–Kier alpha value is -2.09. The fourth-order valence-corrected chi connectivity index (χ4v) is 4.49. The molecule has 3 aliphatic rings. The van der Waals surface area contributed by atoms with Crippen LogP contribution in [-0.4, -0.2) is 59.1 Å². The van der Waals surface area contributed by atoms with Crippen LogP contribution >= 0.6 is 0 Å². The Morgan fingerprint density at radius 3 is 2.44 bits per heavy atom. The molecule has 1 saturated carbocycles. The molecule has 8 heteroatoms. The van der Waals surface area contributed by atoms with Gasteiger partial charge in [-0.25, -0.2) is 9.69 Å². The van der Waals surface area contributed by atoms with Gasteiger partial charge in [0.2, 0.25) is 5.91 Å². The van der Waals surface area contributed by atoms with Gasteiger partial charge in [-0.2, -0.15) is 0 Å². The predicted octanol–water partition coefficient (Wildman–Crippen LogP) is 1.31. The van der Waals surface area contributed by atoms with Crippen molar-refractivity contribution in [1.29, 1.82) is 0 Å². The molecule has 0 aromatic heterocycles. The number of amides is 3. The summed E-state index contributed by atoms with van der Waals surface area (Å²) in [6, 6.07) is 0.0514. The number of likely N-dealkylation sites (tertiary alicyclic amines) is 2. The van der Waals surface area contributed by atoms with Crippen molar-refractivity contribution in [1.82, 2.24) is 15.1 Å². The van der Waals surface area contributed by atoms with Gasteiger partial charge in [0.15, 0.2) is 5.41 Å². The zero-order chi connectivity index (χ0) is 20.0. The van der Waals surface area contributed by atoms with Gasteiger partial charge >= 0.3 is 6.09 Å². The summed E-state index contributed by atoms with van der Waals surface area (Å²) in [6.45, 7) is 5.37. The van der Waals surface area contributed by atoms with E-state index >= 15 is 0 Å². The Morgan fingerprint density at radius 1 is 1.26 bits per heavy atom. The second kappa shape index (κ2) is 6.82. The molecule has 3 N–H and O–H groups in total. The fourth-order valence-electron chi connectivity index (χ4n) is 4.49. The van der Waals surface area contributed by atoms with E-state index in [1.807, 2.05) is 0 Å². The maximum Gasteiger partial charge on any atom is 0.417 e. The molecule has 2 heterocycles. The minimum atomic E-state index is -1.40. The van der Waals surface area contributed by atoms with E-state index in [0.717, 1.165) is 30.6 Å². The minimum absolute atomic E-state index is 0.0514. The Balaban J connectivity index is 1.95. The SMILES string of the molecule is CN/C=C1\C(N)N(C2CCCC2)C(=O)C12CCN(C(=O)OC(C)(C)C)C2=O. The van der Waals surface area contributed by atoms with Crippen LogP contribution in [0.15, 0.2) is 11.8 Å². The lowest BCUT2D eigenvalue weighted by molar-refractivity contribution is -0.146. The molecule has 0 aromatic carbocycles. The number of hydrogen-bond donors (Lipinski definition) is 2. The average Bonchev–Trinajstić information content (AvgIpc) is 3.23. The van der Waals surface area contributed by atoms with E-state index in [-0.39, 0.29) is 24.9 Å². The zero-order valence-corrected chi connectivity index (χ0v) is 16.6. The summed E-state index contributed by atoms with van der Waals surface area (Å²) < 4.78 is 5.35. The molecule has 27 heavy (non-hydrogen) atoms. The Bertz CT molecular complexity index is 678. The molecule has 2 aliphatic heterocycles. The van der Waals surface area contributed by atoms with Gasteiger partial charge in [-0.3, -0.25) is 9.59 Å². The number of ether oxygens (including phenoxy) is 1. The molecule has 150 valence electrons. The van der Waals surface area contributed by atoms with Gasteiger partial charge in [0.25, 0.3) is 5.91 Å². The van der Waals surface area contributed by atoms with Crippen LogP contribution in [0.1, 0.15) is 52.9 Å². The molecule has 8 nitrogen and oxygen atoms in total. The number of imide groups is 1. The molecule has 1 aliphatic carbocycles. The first kappa shape index (κ1) is 19.7. The first-order valence-electron chi connectivity index (χ1n) is 9.64. The third-order valence-corrected chi connectivity index (χ3v) is 5.66. The summed E-state index contributed by atoms with van der Waals surface area (Å²) in [6.07, 6.45) is 4.40. The van der Waals surface area contributed by atoms with Crippen molar-refractivity contribution in [3.05, 3.63) is 11.8 Å². The second-order valence-corrected chi connectivity index (χ2v) is 8.58. The van der Waals surface area contributed by atoms with E-state index in [2.05, 4.69) is 5.32 Å². The molecule has 3 rings (SSSR count). The van der Waals surface area contributed by atoms with Crippen LogP contribution in [0.25, 0.3) is 0 Å². The predicted molar refractivity (Wildman–Crippen MR) is 99.2 cm³/mol. The minimum Gasteiger partial charge on any atom is -0.443 e. The van der Waals surface area contributed by atoms with Crippen molar-refractivity contribution in [2.75, 3.05) is 13.6 Å². The Labute approximate surface area is 160 Å². The van der Waals surface area contributed by atoms with Crippen molar-refractivity contribution >= 4 is 17.9 Å². The van der Waals surface area contributed by atoms with Crippen molar-refractivity contribution in [2.45, 2.75) is 70.7 Å². The van der Waals surface area contributed by atoms with Gasteiger partial charge in [0.1, 0.15) is 11.8 Å². The third kappa shape index (κ3) is 3.09. The molecule has 0 aromatic rings. The molecule has 3 fully saturated rings. The highest BCUT2D eigenvalue weighted by Gasteiger charge is 2.65. The third-order valence-electron chi connectivity index (χ3n) is 5.66. The molecule has 2 unspecified atom stereocenters. The second-order valence-electron chi connectivity index (χ2n) is 8.58. The molecule has 2 atom stereocenters. The summed E-state index contributed by atoms with van der Waals surface area (Å²) in [5, 5.41) is 2.92. The highest BCUT2D eigenvalue weighted by Crippen LogP contribution is 2.49. The number of hydrogen-bond acceptors (Lipinski definition) is 6. The van der Waals surface area contributed by atoms with Gasteiger partial charge in [-0.15, -0.1) is 0 Å². The van der Waals surface area contributed by atoms with E-state index in [1.54, 1.807) is 38.9 Å². The van der Waals surface area contributed by atoms with Gasteiger partial charge in [0.05, 0.1) is 0 Å². The lowest BCUT2D eigenvalue weighted by Gasteiger charge is -2.28. The van der Waals surface area contributed by atoms with Crippen LogP contribution in [0, 0.1) is 5.41 Å². The average molecular weight is 378 g/mol. The summed E-state index contributed by atoms with van der Waals surface area (Å²) in [5.74, 6) is -0.807. The summed E-state index contributed by atoms with van der Waals surface area (Å²) in [7, 11) is 1.71. The van der Waals surface area contributed by atoms with Gasteiger partial charge < -0.3 is 20.7 Å². The highest BCUT2D eigenvalue weighted by molar-refractivity contribution is 6.15. The molecule has 1 spiro atoms. The molecule has 0 bridgehead atoms. The van der Waals surface area contributed by atoms with Crippen LogP contribution in [0.4, 0.5) is 4.79 Å². The number of nitrogens with two attached hydrogens (primary N) is 1. The molecule has 0 radical (unpaired) electrons. The van der Waals surface area contributed by atoms with Crippen LogP contribution in [0.2, 0.25) is 0 Å². The standard InChI is InChI=1S/C19H30N4O4/c1-18(2,3)27-17(26)22-10-9-19(15(22)24)13(11-21-4)14(20)23(16(19)25)12-7-5-6-8-12/h11-12,14,21H,5-10,20H2,1-4H3/b13-11+. The number of nitrogens with zero attached hydrogens (tertiary/aromatic N) is 2. The van der Waals surface area contributed by atoms with Gasteiger partial charge in [-0.05, 0) is 40.0 Å². The summed E-state index contributed by atoms with van der Waals surface area (Å²) >= 11 is 0. The van der Waals surface area contributed by atoms with Crippen molar-refractivity contribution in [2.24, 2.45) is 11.1 Å². The molecule has 3 amide bonds. The number of carbonyl (C=O) groups is 3. The van der Waals surface area contributed by atoms with E-state index in [4.69, 9.17) is 10.5 Å². The van der Waals surface area contributed by atoms with Crippen LogP contribution < -0.4 is 11.1 Å². The summed E-state index contributed by atoms with van der Waals surface area (Å²) in [4.78, 5) is 42.0. The highest BCUT2D eigenvalue weighted by atomic mass is 16.6. The lowest BCUT2D eigenvalue weighted by Crippen LogP contribution is -2.48. The Kier molecular flexibility index (Phi) is 4.96.